The number of carbonyl (C=O) groups is 2. The Labute approximate surface area is 189 Å². The third-order valence-electron chi connectivity index (χ3n) is 4.96. The topological polar surface area (TPSA) is 79.5 Å². The van der Waals surface area contributed by atoms with Crippen molar-refractivity contribution in [2.45, 2.75) is 32.9 Å². The second-order valence-electron chi connectivity index (χ2n) is 7.46. The molecular weight excluding hydrogens is 402 g/mol. The first-order valence-corrected chi connectivity index (χ1v) is 10.7. The highest BCUT2D eigenvalue weighted by Gasteiger charge is 2.24. The summed E-state index contributed by atoms with van der Waals surface area (Å²) in [5.74, 6) is 0.316. The van der Waals surface area contributed by atoms with Crippen molar-refractivity contribution in [2.24, 2.45) is 0 Å². The number of hydrogen-bond acceptors (Lipinski definition) is 4. The zero-order valence-corrected chi connectivity index (χ0v) is 18.6. The Kier molecular flexibility index (Phi) is 8.00. The summed E-state index contributed by atoms with van der Waals surface area (Å²) in [6, 6.07) is 23.8. The Morgan fingerprint density at radius 2 is 1.56 bits per heavy atom. The lowest BCUT2D eigenvalue weighted by molar-refractivity contribution is -0.118. The van der Waals surface area contributed by atoms with Crippen LogP contribution in [0.2, 0.25) is 0 Å². The molecule has 6 heteroatoms. The zero-order valence-electron chi connectivity index (χ0n) is 18.6. The van der Waals surface area contributed by atoms with Crippen molar-refractivity contribution in [1.29, 1.82) is 0 Å². The van der Waals surface area contributed by atoms with E-state index in [9.17, 15) is 9.59 Å². The molecule has 0 saturated carbocycles. The minimum absolute atomic E-state index is 0.128. The molecule has 0 bridgehead atoms. The molecular formula is C26H29N3O3. The van der Waals surface area contributed by atoms with Crippen molar-refractivity contribution in [2.75, 3.05) is 17.2 Å². The number of amides is 2. The molecule has 3 N–H and O–H groups in total. The Balaban J connectivity index is 1.84. The van der Waals surface area contributed by atoms with Gasteiger partial charge in [0.25, 0.3) is 0 Å². The number of ether oxygens (including phenoxy) is 1. The summed E-state index contributed by atoms with van der Waals surface area (Å²) in [4.78, 5) is 24.8. The average molecular weight is 432 g/mol. The summed E-state index contributed by atoms with van der Waals surface area (Å²) in [6.45, 7) is 5.88. The fraction of sp³-hybridized carbons (Fsp3) is 0.231. The maximum absolute atomic E-state index is 13.4. The van der Waals surface area contributed by atoms with E-state index in [1.165, 1.54) is 6.92 Å². The van der Waals surface area contributed by atoms with Crippen LogP contribution in [-0.4, -0.2) is 18.4 Å². The van der Waals surface area contributed by atoms with Crippen molar-refractivity contribution in [3.63, 3.8) is 0 Å². The molecule has 0 radical (unpaired) electrons. The zero-order chi connectivity index (χ0) is 22.9. The first-order valence-electron chi connectivity index (χ1n) is 10.7. The molecule has 0 aliphatic heterocycles. The molecule has 0 fully saturated rings. The molecule has 166 valence electrons. The molecule has 6 nitrogen and oxygen atoms in total. The first kappa shape index (κ1) is 23.0. The SMILES string of the molecule is CCOc1ccccc1NC(=O)C(NC(C)c1cccc(NC(C)=O)c1)c1ccccc1. The number of rotatable bonds is 9. The van der Waals surface area contributed by atoms with Gasteiger partial charge < -0.3 is 15.4 Å². The van der Waals surface area contributed by atoms with E-state index in [0.29, 0.717) is 18.0 Å². The van der Waals surface area contributed by atoms with Crippen molar-refractivity contribution in [3.05, 3.63) is 90.0 Å². The van der Waals surface area contributed by atoms with Crippen LogP contribution in [0.25, 0.3) is 0 Å². The fourth-order valence-electron chi connectivity index (χ4n) is 3.46. The number of para-hydroxylation sites is 2. The lowest BCUT2D eigenvalue weighted by Crippen LogP contribution is -2.34. The van der Waals surface area contributed by atoms with Crippen LogP contribution in [0.3, 0.4) is 0 Å². The summed E-state index contributed by atoms with van der Waals surface area (Å²) in [6.07, 6.45) is 0. The van der Waals surface area contributed by atoms with E-state index >= 15 is 0 Å². The fourth-order valence-corrected chi connectivity index (χ4v) is 3.46. The standard InChI is InChI=1S/C26H29N3O3/c1-4-32-24-16-9-8-15-23(24)29-26(31)25(20-11-6-5-7-12-20)27-18(2)21-13-10-14-22(17-21)28-19(3)30/h5-18,25,27H,4H2,1-3H3,(H,28,30)(H,29,31). The monoisotopic (exact) mass is 431 g/mol. The predicted molar refractivity (Wildman–Crippen MR) is 128 cm³/mol. The lowest BCUT2D eigenvalue weighted by atomic mass is 10.0. The van der Waals surface area contributed by atoms with Gasteiger partial charge in [-0.2, -0.15) is 0 Å². The van der Waals surface area contributed by atoms with E-state index < -0.39 is 6.04 Å². The van der Waals surface area contributed by atoms with Crippen LogP contribution in [0.5, 0.6) is 5.75 Å². The predicted octanol–water partition coefficient (Wildman–Crippen LogP) is 5.07. The van der Waals surface area contributed by atoms with Crippen LogP contribution in [0, 0.1) is 0 Å². The number of anilines is 2. The Morgan fingerprint density at radius 1 is 0.875 bits per heavy atom. The van der Waals surface area contributed by atoms with Gasteiger partial charge in [0.2, 0.25) is 11.8 Å². The second kappa shape index (κ2) is 11.1. The van der Waals surface area contributed by atoms with Gasteiger partial charge in [-0.05, 0) is 49.2 Å². The van der Waals surface area contributed by atoms with E-state index in [0.717, 1.165) is 16.8 Å². The summed E-state index contributed by atoms with van der Waals surface area (Å²) < 4.78 is 5.65. The molecule has 3 aromatic rings. The van der Waals surface area contributed by atoms with Crippen LogP contribution in [0.4, 0.5) is 11.4 Å². The highest BCUT2D eigenvalue weighted by molar-refractivity contribution is 5.96. The van der Waals surface area contributed by atoms with Crippen molar-refractivity contribution >= 4 is 23.2 Å². The molecule has 0 aliphatic carbocycles. The molecule has 2 amide bonds. The van der Waals surface area contributed by atoms with Crippen LogP contribution in [0.15, 0.2) is 78.9 Å². The summed E-state index contributed by atoms with van der Waals surface area (Å²) in [5, 5.41) is 9.24. The Bertz CT molecular complexity index is 1050. The van der Waals surface area contributed by atoms with E-state index in [2.05, 4.69) is 16.0 Å². The normalized spacial score (nSPS) is 12.5. The van der Waals surface area contributed by atoms with Gasteiger partial charge in [-0.25, -0.2) is 0 Å². The average Bonchev–Trinajstić information content (AvgIpc) is 2.79. The molecule has 0 aliphatic rings. The van der Waals surface area contributed by atoms with Crippen molar-refractivity contribution in [3.8, 4) is 5.75 Å². The van der Waals surface area contributed by atoms with Gasteiger partial charge >= 0.3 is 0 Å². The number of hydrogen-bond donors (Lipinski definition) is 3. The van der Waals surface area contributed by atoms with Crippen molar-refractivity contribution in [1.82, 2.24) is 5.32 Å². The number of nitrogens with one attached hydrogen (secondary N) is 3. The Hall–Kier alpha value is -3.64. The van der Waals surface area contributed by atoms with E-state index in [4.69, 9.17) is 4.74 Å². The lowest BCUT2D eigenvalue weighted by Gasteiger charge is -2.24. The van der Waals surface area contributed by atoms with Gasteiger partial charge in [0.05, 0.1) is 12.3 Å². The van der Waals surface area contributed by atoms with Crippen LogP contribution in [0.1, 0.15) is 44.0 Å². The molecule has 3 rings (SSSR count). The number of carbonyl (C=O) groups excluding carboxylic acids is 2. The van der Waals surface area contributed by atoms with Gasteiger partial charge in [0, 0.05) is 18.7 Å². The molecule has 32 heavy (non-hydrogen) atoms. The number of benzene rings is 3. The molecule has 0 saturated heterocycles. The molecule has 0 spiro atoms. The summed E-state index contributed by atoms with van der Waals surface area (Å²) in [7, 11) is 0. The van der Waals surface area contributed by atoms with Crippen LogP contribution < -0.4 is 20.7 Å². The van der Waals surface area contributed by atoms with Gasteiger partial charge in [-0.3, -0.25) is 14.9 Å². The molecule has 0 heterocycles. The third kappa shape index (κ3) is 6.18. The Morgan fingerprint density at radius 3 is 2.28 bits per heavy atom. The minimum atomic E-state index is -0.592. The quantitative estimate of drug-likeness (QED) is 0.442. The van der Waals surface area contributed by atoms with Crippen LogP contribution >= 0.6 is 0 Å². The second-order valence-corrected chi connectivity index (χ2v) is 7.46. The van der Waals surface area contributed by atoms with Crippen molar-refractivity contribution < 1.29 is 14.3 Å². The molecule has 2 unspecified atom stereocenters. The third-order valence-corrected chi connectivity index (χ3v) is 4.96. The van der Waals surface area contributed by atoms with Crippen LogP contribution in [-0.2, 0) is 9.59 Å². The maximum atomic E-state index is 13.4. The molecule has 3 aromatic carbocycles. The van der Waals surface area contributed by atoms with E-state index in [-0.39, 0.29) is 17.9 Å². The first-order chi connectivity index (χ1) is 15.5. The highest BCUT2D eigenvalue weighted by Crippen LogP contribution is 2.27. The largest absolute Gasteiger partial charge is 0.492 e. The van der Waals surface area contributed by atoms with Gasteiger partial charge in [-0.15, -0.1) is 0 Å². The maximum Gasteiger partial charge on any atom is 0.246 e. The van der Waals surface area contributed by atoms with E-state index in [1.807, 2.05) is 92.7 Å². The highest BCUT2D eigenvalue weighted by atomic mass is 16.5. The van der Waals surface area contributed by atoms with Gasteiger partial charge in [-0.1, -0.05) is 54.6 Å². The van der Waals surface area contributed by atoms with E-state index in [1.54, 1.807) is 0 Å². The molecule has 0 aromatic heterocycles. The molecule has 2 atom stereocenters. The van der Waals surface area contributed by atoms with Gasteiger partial charge in [0.1, 0.15) is 11.8 Å². The smallest absolute Gasteiger partial charge is 0.246 e. The summed E-state index contributed by atoms with van der Waals surface area (Å²) in [5.41, 5.74) is 3.15. The minimum Gasteiger partial charge on any atom is -0.492 e. The van der Waals surface area contributed by atoms with Gasteiger partial charge in [0.15, 0.2) is 0 Å². The summed E-state index contributed by atoms with van der Waals surface area (Å²) >= 11 is 0.